The molecule has 20 heavy (non-hydrogen) atoms. The molecule has 0 fully saturated rings. The molecule has 0 aliphatic rings. The first-order valence-electron chi connectivity index (χ1n) is 5.82. The van der Waals surface area contributed by atoms with Gasteiger partial charge in [0.2, 0.25) is 0 Å². The second-order valence-corrected chi connectivity index (χ2v) is 5.42. The summed E-state index contributed by atoms with van der Waals surface area (Å²) in [5.41, 5.74) is -0.157. The van der Waals surface area contributed by atoms with E-state index < -0.39 is 17.9 Å². The van der Waals surface area contributed by atoms with Crippen molar-refractivity contribution in [3.05, 3.63) is 27.0 Å². The Hall–Kier alpha value is -1.04. The van der Waals surface area contributed by atoms with Gasteiger partial charge in [0, 0.05) is 6.20 Å². The number of carboxylic acids is 1. The summed E-state index contributed by atoms with van der Waals surface area (Å²) in [6.45, 7) is 3.56. The number of carbonyl (C=O) groups is 2. The Morgan fingerprint density at radius 2 is 1.95 bits per heavy atom. The van der Waals surface area contributed by atoms with Crippen molar-refractivity contribution in [2.24, 2.45) is 5.92 Å². The summed E-state index contributed by atoms with van der Waals surface area (Å²) in [6.07, 6.45) is 1.78. The standard InChI is InChI=1S/C12H13Cl3N2O3/c1-3-5(2)9(12(19)20)17-11(18)10-8(15)7(14)6(13)4-16-10/h4-5,9H,3H2,1-2H3,(H,17,18)(H,19,20)/t5?,9-/m0/s1. The molecule has 0 aliphatic carbocycles. The Bertz CT molecular complexity index is 537. The van der Waals surface area contributed by atoms with E-state index in [1.807, 2.05) is 6.92 Å². The molecular weight excluding hydrogens is 327 g/mol. The van der Waals surface area contributed by atoms with Gasteiger partial charge >= 0.3 is 5.97 Å². The summed E-state index contributed by atoms with van der Waals surface area (Å²) < 4.78 is 0. The van der Waals surface area contributed by atoms with Crippen molar-refractivity contribution >= 4 is 46.7 Å². The van der Waals surface area contributed by atoms with Crippen LogP contribution in [0.3, 0.4) is 0 Å². The molecular formula is C12H13Cl3N2O3. The van der Waals surface area contributed by atoms with Crippen LogP contribution < -0.4 is 5.32 Å². The normalized spacial score (nSPS) is 13.7. The topological polar surface area (TPSA) is 79.3 Å². The van der Waals surface area contributed by atoms with Gasteiger partial charge < -0.3 is 10.4 Å². The van der Waals surface area contributed by atoms with Gasteiger partial charge in [0.1, 0.15) is 11.7 Å². The number of carboxylic acid groups (broad SMARTS) is 1. The zero-order chi connectivity index (χ0) is 15.4. The highest BCUT2D eigenvalue weighted by Crippen LogP contribution is 2.31. The summed E-state index contributed by atoms with van der Waals surface area (Å²) >= 11 is 17.4. The quantitative estimate of drug-likeness (QED) is 0.863. The van der Waals surface area contributed by atoms with E-state index in [4.69, 9.17) is 39.9 Å². The molecule has 1 unspecified atom stereocenters. The van der Waals surface area contributed by atoms with Gasteiger partial charge in [-0.1, -0.05) is 55.1 Å². The number of aromatic nitrogens is 1. The van der Waals surface area contributed by atoms with Crippen molar-refractivity contribution in [1.29, 1.82) is 0 Å². The maximum absolute atomic E-state index is 12.0. The van der Waals surface area contributed by atoms with Crippen LogP contribution in [-0.2, 0) is 4.79 Å². The molecule has 0 saturated carbocycles. The fourth-order valence-electron chi connectivity index (χ4n) is 1.49. The van der Waals surface area contributed by atoms with Crippen LogP contribution in [0.15, 0.2) is 6.20 Å². The van der Waals surface area contributed by atoms with E-state index in [9.17, 15) is 9.59 Å². The minimum atomic E-state index is -1.12. The summed E-state index contributed by atoms with van der Waals surface area (Å²) in [5.74, 6) is -2.07. The number of hydrogen-bond donors (Lipinski definition) is 2. The lowest BCUT2D eigenvalue weighted by molar-refractivity contribution is -0.140. The highest BCUT2D eigenvalue weighted by Gasteiger charge is 2.27. The minimum Gasteiger partial charge on any atom is -0.480 e. The predicted molar refractivity (Wildman–Crippen MR) is 77.6 cm³/mol. The Labute approximate surface area is 131 Å². The number of halogens is 3. The largest absolute Gasteiger partial charge is 0.480 e. The third-order valence-electron chi connectivity index (χ3n) is 2.90. The van der Waals surface area contributed by atoms with Crippen LogP contribution in [-0.4, -0.2) is 28.0 Å². The number of aliphatic carboxylic acids is 1. The molecule has 0 spiro atoms. The van der Waals surface area contributed by atoms with Crippen molar-refractivity contribution in [1.82, 2.24) is 10.3 Å². The third-order valence-corrected chi connectivity index (χ3v) is 4.14. The molecule has 1 aromatic rings. The first kappa shape index (κ1) is 17.0. The molecule has 0 aromatic carbocycles. The molecule has 0 bridgehead atoms. The second-order valence-electron chi connectivity index (χ2n) is 4.26. The van der Waals surface area contributed by atoms with Crippen LogP contribution in [0.2, 0.25) is 15.1 Å². The zero-order valence-corrected chi connectivity index (χ0v) is 13.1. The van der Waals surface area contributed by atoms with E-state index in [2.05, 4.69) is 10.3 Å². The molecule has 110 valence electrons. The molecule has 0 aliphatic heterocycles. The summed E-state index contributed by atoms with van der Waals surface area (Å²) in [7, 11) is 0. The summed E-state index contributed by atoms with van der Waals surface area (Å²) in [6, 6.07) is -1.03. The Kier molecular flexibility index (Phi) is 6.05. The van der Waals surface area contributed by atoms with E-state index in [-0.39, 0.29) is 26.7 Å². The van der Waals surface area contributed by atoms with Crippen molar-refractivity contribution < 1.29 is 14.7 Å². The lowest BCUT2D eigenvalue weighted by Crippen LogP contribution is -2.45. The van der Waals surface area contributed by atoms with Crippen LogP contribution >= 0.6 is 34.8 Å². The van der Waals surface area contributed by atoms with Crippen molar-refractivity contribution in [2.75, 3.05) is 0 Å². The smallest absolute Gasteiger partial charge is 0.326 e. The molecule has 1 rings (SSSR count). The average molecular weight is 340 g/mol. The number of pyridine rings is 1. The van der Waals surface area contributed by atoms with Gasteiger partial charge in [0.25, 0.3) is 5.91 Å². The SMILES string of the molecule is CCC(C)[C@H](NC(=O)c1ncc(Cl)c(Cl)c1Cl)C(=O)O. The van der Waals surface area contributed by atoms with Crippen LogP contribution in [0.4, 0.5) is 0 Å². The first-order valence-corrected chi connectivity index (χ1v) is 6.96. The minimum absolute atomic E-state index is 0.00361. The van der Waals surface area contributed by atoms with Crippen molar-refractivity contribution in [2.45, 2.75) is 26.3 Å². The highest BCUT2D eigenvalue weighted by molar-refractivity contribution is 6.48. The second kappa shape index (κ2) is 7.11. The molecule has 1 heterocycles. The number of hydrogen-bond acceptors (Lipinski definition) is 3. The van der Waals surface area contributed by atoms with Crippen LogP contribution in [0.25, 0.3) is 0 Å². The summed E-state index contributed by atoms with van der Waals surface area (Å²) in [4.78, 5) is 27.0. The average Bonchev–Trinajstić information content (AvgIpc) is 2.40. The van der Waals surface area contributed by atoms with Gasteiger partial charge in [-0.15, -0.1) is 0 Å². The van der Waals surface area contributed by atoms with Gasteiger partial charge in [-0.25, -0.2) is 9.78 Å². The molecule has 2 N–H and O–H groups in total. The highest BCUT2D eigenvalue weighted by atomic mass is 35.5. The van der Waals surface area contributed by atoms with Crippen LogP contribution in [0.1, 0.15) is 30.8 Å². The maximum Gasteiger partial charge on any atom is 0.326 e. The molecule has 8 heteroatoms. The Balaban J connectivity index is 3.01. The Morgan fingerprint density at radius 3 is 2.45 bits per heavy atom. The van der Waals surface area contributed by atoms with Gasteiger partial charge in [-0.05, 0) is 5.92 Å². The third kappa shape index (κ3) is 3.75. The fourth-order valence-corrected chi connectivity index (χ4v) is 2.06. The first-order chi connectivity index (χ1) is 9.29. The number of carbonyl (C=O) groups excluding carboxylic acids is 1. The van der Waals surface area contributed by atoms with Gasteiger partial charge in [-0.2, -0.15) is 0 Å². The van der Waals surface area contributed by atoms with Gasteiger partial charge in [0.15, 0.2) is 0 Å². The molecule has 1 amide bonds. The Morgan fingerprint density at radius 1 is 1.35 bits per heavy atom. The predicted octanol–water partition coefficient (Wildman–Crippen LogP) is 3.27. The van der Waals surface area contributed by atoms with Gasteiger partial charge in [-0.3, -0.25) is 4.79 Å². The lowest BCUT2D eigenvalue weighted by atomic mass is 9.99. The molecule has 5 nitrogen and oxygen atoms in total. The lowest BCUT2D eigenvalue weighted by Gasteiger charge is -2.20. The summed E-state index contributed by atoms with van der Waals surface area (Å²) in [5, 5.41) is 11.5. The molecule has 0 saturated heterocycles. The van der Waals surface area contributed by atoms with Gasteiger partial charge in [0.05, 0.1) is 15.1 Å². The van der Waals surface area contributed by atoms with E-state index >= 15 is 0 Å². The van der Waals surface area contributed by atoms with E-state index in [0.717, 1.165) is 0 Å². The van der Waals surface area contributed by atoms with Crippen LogP contribution in [0, 0.1) is 5.92 Å². The zero-order valence-electron chi connectivity index (χ0n) is 10.8. The number of rotatable bonds is 5. The van der Waals surface area contributed by atoms with Crippen molar-refractivity contribution in [3.63, 3.8) is 0 Å². The van der Waals surface area contributed by atoms with Crippen LogP contribution in [0.5, 0.6) is 0 Å². The number of nitrogens with zero attached hydrogens (tertiary/aromatic N) is 1. The van der Waals surface area contributed by atoms with E-state index in [1.54, 1.807) is 6.92 Å². The van der Waals surface area contributed by atoms with E-state index in [0.29, 0.717) is 6.42 Å². The maximum atomic E-state index is 12.0. The molecule has 2 atom stereocenters. The van der Waals surface area contributed by atoms with Crippen molar-refractivity contribution in [3.8, 4) is 0 Å². The number of amides is 1. The monoisotopic (exact) mass is 338 g/mol. The fraction of sp³-hybridized carbons (Fsp3) is 0.417. The molecule has 1 aromatic heterocycles. The molecule has 0 radical (unpaired) electrons. The number of nitrogens with one attached hydrogen (secondary N) is 1. The van der Waals surface area contributed by atoms with E-state index in [1.165, 1.54) is 6.20 Å².